The van der Waals surface area contributed by atoms with Gasteiger partial charge in [0.05, 0.1) is 6.54 Å². The molecule has 0 fully saturated rings. The third kappa shape index (κ3) is 3.07. The van der Waals surface area contributed by atoms with E-state index in [1.54, 1.807) is 10.9 Å². The van der Waals surface area contributed by atoms with Crippen molar-refractivity contribution in [3.05, 3.63) is 48.3 Å². The number of amides is 1. The van der Waals surface area contributed by atoms with Crippen molar-refractivity contribution < 1.29 is 4.79 Å². The van der Waals surface area contributed by atoms with E-state index in [1.165, 1.54) is 0 Å². The molecule has 0 saturated carbocycles. The normalized spacial score (nSPS) is 10.2. The van der Waals surface area contributed by atoms with Crippen LogP contribution in [0.1, 0.15) is 5.56 Å². The van der Waals surface area contributed by atoms with Gasteiger partial charge in [0.25, 0.3) is 0 Å². The number of nitrogens with one attached hydrogen (secondary N) is 1. The Hall–Kier alpha value is -1.81. The molecular weight excluding hydrogens is 238 g/mol. The van der Waals surface area contributed by atoms with Crippen molar-refractivity contribution in [3.8, 4) is 0 Å². The molecule has 0 aliphatic carbocycles. The van der Waals surface area contributed by atoms with Crippen molar-refractivity contribution in [1.29, 1.82) is 0 Å². The van der Waals surface area contributed by atoms with Gasteiger partial charge in [-0.05, 0) is 17.7 Å². The predicted octanol–water partition coefficient (Wildman–Crippen LogP) is 2.11. The number of aromatic nitrogens is 2. The van der Waals surface area contributed by atoms with E-state index in [0.717, 1.165) is 11.3 Å². The van der Waals surface area contributed by atoms with Gasteiger partial charge in [-0.2, -0.15) is 5.10 Å². The topological polar surface area (TPSA) is 46.9 Å². The first kappa shape index (κ1) is 11.7. The maximum Gasteiger partial charge on any atom is 0.239 e. The van der Waals surface area contributed by atoms with Crippen LogP contribution < -0.4 is 5.32 Å². The Morgan fingerprint density at radius 3 is 2.88 bits per heavy atom. The number of carbonyl (C=O) groups excluding carboxylic acids is 1. The molecule has 0 aliphatic rings. The molecule has 88 valence electrons. The van der Waals surface area contributed by atoms with Crippen molar-refractivity contribution >= 4 is 23.2 Å². The van der Waals surface area contributed by atoms with Gasteiger partial charge in [-0.15, -0.1) is 11.6 Å². The van der Waals surface area contributed by atoms with E-state index in [4.69, 9.17) is 11.6 Å². The third-order valence-corrected chi connectivity index (χ3v) is 2.55. The molecule has 0 bridgehead atoms. The molecule has 1 aromatic carbocycles. The fourth-order valence-corrected chi connectivity index (χ4v) is 1.60. The Morgan fingerprint density at radius 1 is 1.35 bits per heavy atom. The Kier molecular flexibility index (Phi) is 3.77. The van der Waals surface area contributed by atoms with Crippen molar-refractivity contribution in [2.75, 3.05) is 11.2 Å². The predicted molar refractivity (Wildman–Crippen MR) is 67.1 cm³/mol. The number of nitrogens with zero attached hydrogens (tertiary/aromatic N) is 2. The van der Waals surface area contributed by atoms with E-state index >= 15 is 0 Å². The minimum absolute atomic E-state index is 0.0455. The number of alkyl halides is 1. The molecule has 0 unspecified atom stereocenters. The molecule has 5 heteroatoms. The quantitative estimate of drug-likeness (QED) is 0.844. The summed E-state index contributed by atoms with van der Waals surface area (Å²) in [5, 5.41) is 6.89. The first-order valence-electron chi connectivity index (χ1n) is 5.21. The second-order valence-corrected chi connectivity index (χ2v) is 3.81. The average molecular weight is 250 g/mol. The van der Waals surface area contributed by atoms with Gasteiger partial charge in [0, 0.05) is 18.1 Å². The van der Waals surface area contributed by atoms with Crippen LogP contribution in [0.3, 0.4) is 0 Å². The number of hydrogen-bond acceptors (Lipinski definition) is 2. The van der Waals surface area contributed by atoms with Crippen LogP contribution in [0.25, 0.3) is 0 Å². The van der Waals surface area contributed by atoms with Crippen LogP contribution in [0.4, 0.5) is 5.69 Å². The Balaban J connectivity index is 2.18. The van der Waals surface area contributed by atoms with Crippen molar-refractivity contribution in [2.24, 2.45) is 0 Å². The van der Waals surface area contributed by atoms with Crippen LogP contribution in [-0.4, -0.2) is 21.6 Å². The molecule has 1 N–H and O–H groups in total. The van der Waals surface area contributed by atoms with Gasteiger partial charge in [0.1, 0.15) is 5.88 Å². The molecule has 1 heterocycles. The van der Waals surface area contributed by atoms with Crippen molar-refractivity contribution in [1.82, 2.24) is 9.78 Å². The smallest absolute Gasteiger partial charge is 0.239 e. The number of carbonyl (C=O) groups is 1. The summed E-state index contributed by atoms with van der Waals surface area (Å²) >= 11 is 5.47. The molecule has 2 rings (SSSR count). The lowest BCUT2D eigenvalue weighted by atomic mass is 10.2. The standard InChI is InChI=1S/C12H12ClN3O/c13-8-12(17)15-11-5-2-1-4-10(11)9-16-7-3-6-14-16/h1-7H,8-9H2,(H,15,17). The molecule has 0 saturated heterocycles. The maximum absolute atomic E-state index is 11.3. The molecule has 4 nitrogen and oxygen atoms in total. The summed E-state index contributed by atoms with van der Waals surface area (Å²) < 4.78 is 1.80. The summed E-state index contributed by atoms with van der Waals surface area (Å²) in [4.78, 5) is 11.3. The highest BCUT2D eigenvalue weighted by atomic mass is 35.5. The number of anilines is 1. The minimum Gasteiger partial charge on any atom is -0.325 e. The van der Waals surface area contributed by atoms with Crippen LogP contribution in [-0.2, 0) is 11.3 Å². The zero-order valence-corrected chi connectivity index (χ0v) is 9.89. The van der Waals surface area contributed by atoms with Crippen LogP contribution in [0.15, 0.2) is 42.7 Å². The average Bonchev–Trinajstić information content (AvgIpc) is 2.84. The molecular formula is C12H12ClN3O. The summed E-state index contributed by atoms with van der Waals surface area (Å²) in [5.41, 5.74) is 1.77. The second kappa shape index (κ2) is 5.50. The summed E-state index contributed by atoms with van der Waals surface area (Å²) in [6.45, 7) is 0.617. The lowest BCUT2D eigenvalue weighted by molar-refractivity contribution is -0.113. The first-order valence-corrected chi connectivity index (χ1v) is 5.74. The summed E-state index contributed by atoms with van der Waals surface area (Å²) in [7, 11) is 0. The molecule has 17 heavy (non-hydrogen) atoms. The Labute approximate surface area is 104 Å². The summed E-state index contributed by atoms with van der Waals surface area (Å²) in [6, 6.07) is 9.46. The van der Waals surface area contributed by atoms with E-state index in [2.05, 4.69) is 10.4 Å². The first-order chi connectivity index (χ1) is 8.29. The van der Waals surface area contributed by atoms with E-state index in [9.17, 15) is 4.79 Å². The number of para-hydroxylation sites is 1. The highest BCUT2D eigenvalue weighted by Gasteiger charge is 2.05. The molecule has 0 spiro atoms. The van der Waals surface area contributed by atoms with Gasteiger partial charge in [0.15, 0.2) is 0 Å². The van der Waals surface area contributed by atoms with E-state index < -0.39 is 0 Å². The van der Waals surface area contributed by atoms with Gasteiger partial charge in [-0.1, -0.05) is 18.2 Å². The molecule has 1 amide bonds. The van der Waals surface area contributed by atoms with E-state index in [0.29, 0.717) is 6.54 Å². The van der Waals surface area contributed by atoms with Gasteiger partial charge in [-0.3, -0.25) is 9.48 Å². The maximum atomic E-state index is 11.3. The van der Waals surface area contributed by atoms with Gasteiger partial charge in [-0.25, -0.2) is 0 Å². The van der Waals surface area contributed by atoms with Crippen molar-refractivity contribution in [3.63, 3.8) is 0 Å². The van der Waals surface area contributed by atoms with Crippen LogP contribution in [0.5, 0.6) is 0 Å². The van der Waals surface area contributed by atoms with Gasteiger partial charge < -0.3 is 5.32 Å². The molecule has 0 radical (unpaired) electrons. The number of hydrogen-bond donors (Lipinski definition) is 1. The SMILES string of the molecule is O=C(CCl)Nc1ccccc1Cn1cccn1. The Bertz CT molecular complexity index is 496. The minimum atomic E-state index is -0.209. The van der Waals surface area contributed by atoms with Gasteiger partial charge >= 0.3 is 0 Å². The number of benzene rings is 1. The van der Waals surface area contributed by atoms with Crippen LogP contribution in [0.2, 0.25) is 0 Å². The number of rotatable bonds is 4. The largest absolute Gasteiger partial charge is 0.325 e. The molecule has 0 aliphatic heterocycles. The fourth-order valence-electron chi connectivity index (χ4n) is 1.53. The van der Waals surface area contributed by atoms with Crippen molar-refractivity contribution in [2.45, 2.75) is 6.54 Å². The third-order valence-electron chi connectivity index (χ3n) is 2.30. The lowest BCUT2D eigenvalue weighted by Crippen LogP contribution is -2.14. The highest BCUT2D eigenvalue weighted by Crippen LogP contribution is 2.16. The molecule has 0 atom stereocenters. The summed E-state index contributed by atoms with van der Waals surface area (Å²) in [5.74, 6) is -0.254. The second-order valence-electron chi connectivity index (χ2n) is 3.54. The van der Waals surface area contributed by atoms with Gasteiger partial charge in [0.2, 0.25) is 5.91 Å². The zero-order valence-electron chi connectivity index (χ0n) is 9.14. The fraction of sp³-hybridized carbons (Fsp3) is 0.167. The van der Waals surface area contributed by atoms with E-state index in [1.807, 2.05) is 36.5 Å². The zero-order chi connectivity index (χ0) is 12.1. The van der Waals surface area contributed by atoms with E-state index in [-0.39, 0.29) is 11.8 Å². The summed E-state index contributed by atoms with van der Waals surface area (Å²) in [6.07, 6.45) is 3.60. The highest BCUT2D eigenvalue weighted by molar-refractivity contribution is 6.29. The molecule has 1 aromatic heterocycles. The monoisotopic (exact) mass is 249 g/mol. The lowest BCUT2D eigenvalue weighted by Gasteiger charge is -2.10. The van der Waals surface area contributed by atoms with Crippen LogP contribution in [0, 0.1) is 0 Å². The van der Waals surface area contributed by atoms with Crippen LogP contribution >= 0.6 is 11.6 Å². The Morgan fingerprint density at radius 2 is 2.18 bits per heavy atom. The number of halogens is 1. The molecule has 2 aromatic rings.